The Labute approximate surface area is 125 Å². The number of carbonyl (C=O) groups is 1. The van der Waals surface area contributed by atoms with E-state index in [0.717, 1.165) is 32.6 Å². The van der Waals surface area contributed by atoms with E-state index in [2.05, 4.69) is 35.5 Å². The number of rotatable bonds is 2. The van der Waals surface area contributed by atoms with Gasteiger partial charge in [-0.05, 0) is 55.3 Å². The van der Waals surface area contributed by atoms with Crippen LogP contribution in [0.4, 0.5) is 0 Å². The lowest BCUT2D eigenvalue weighted by Gasteiger charge is -2.40. The van der Waals surface area contributed by atoms with Crippen molar-refractivity contribution in [3.63, 3.8) is 0 Å². The van der Waals surface area contributed by atoms with Crippen LogP contribution in [0.2, 0.25) is 0 Å². The van der Waals surface area contributed by atoms with E-state index in [4.69, 9.17) is 0 Å². The fraction of sp³-hybridized carbons (Fsp3) is 0.688. The number of carbonyl (C=O) groups excluding carboxylic acids is 1. The summed E-state index contributed by atoms with van der Waals surface area (Å²) in [6.45, 7) is 8.04. The van der Waals surface area contributed by atoms with Crippen molar-refractivity contribution in [2.45, 2.75) is 39.7 Å². The molecule has 1 aromatic rings. The van der Waals surface area contributed by atoms with E-state index < -0.39 is 0 Å². The molecule has 110 valence electrons. The Morgan fingerprint density at radius 3 is 3.10 bits per heavy atom. The van der Waals surface area contributed by atoms with Gasteiger partial charge >= 0.3 is 0 Å². The van der Waals surface area contributed by atoms with E-state index >= 15 is 0 Å². The van der Waals surface area contributed by atoms with Gasteiger partial charge in [-0.25, -0.2) is 0 Å². The maximum absolute atomic E-state index is 13.0. The van der Waals surface area contributed by atoms with Gasteiger partial charge in [-0.3, -0.25) is 4.79 Å². The lowest BCUT2D eigenvalue weighted by atomic mass is 9.73. The van der Waals surface area contributed by atoms with Crippen molar-refractivity contribution in [2.24, 2.45) is 11.3 Å². The molecule has 0 spiro atoms. The van der Waals surface area contributed by atoms with Crippen LogP contribution in [0.25, 0.3) is 0 Å². The van der Waals surface area contributed by atoms with Crippen LogP contribution in [-0.4, -0.2) is 30.4 Å². The average molecular weight is 292 g/mol. The summed E-state index contributed by atoms with van der Waals surface area (Å²) in [7, 11) is 0. The average Bonchev–Trinajstić information content (AvgIpc) is 2.94. The molecule has 2 aliphatic heterocycles. The monoisotopic (exact) mass is 292 g/mol. The summed E-state index contributed by atoms with van der Waals surface area (Å²) >= 11 is 1.83. The van der Waals surface area contributed by atoms with Gasteiger partial charge in [-0.15, -0.1) is 11.3 Å². The van der Waals surface area contributed by atoms with E-state index in [-0.39, 0.29) is 5.41 Å². The zero-order valence-electron chi connectivity index (χ0n) is 12.4. The first-order chi connectivity index (χ1) is 9.59. The van der Waals surface area contributed by atoms with Gasteiger partial charge < -0.3 is 10.2 Å². The molecule has 1 aromatic heterocycles. The van der Waals surface area contributed by atoms with E-state index in [1.807, 2.05) is 11.3 Å². The predicted octanol–water partition coefficient (Wildman–Crippen LogP) is 2.66. The molecule has 4 heteroatoms. The molecule has 0 aromatic carbocycles. The SMILES string of the molecule is CC(C)(C(=O)N1CCc2sccc2C1)C1CCCNC1. The van der Waals surface area contributed by atoms with Crippen molar-refractivity contribution in [1.29, 1.82) is 0 Å². The van der Waals surface area contributed by atoms with Crippen LogP contribution >= 0.6 is 11.3 Å². The molecule has 0 bridgehead atoms. The number of fused-ring (bicyclic) bond motifs is 1. The van der Waals surface area contributed by atoms with Crippen LogP contribution < -0.4 is 5.32 Å². The van der Waals surface area contributed by atoms with Crippen LogP contribution in [0.15, 0.2) is 11.4 Å². The number of nitrogens with zero attached hydrogens (tertiary/aromatic N) is 1. The first-order valence-electron chi connectivity index (χ1n) is 7.64. The third kappa shape index (κ3) is 2.51. The highest BCUT2D eigenvalue weighted by Gasteiger charge is 2.40. The van der Waals surface area contributed by atoms with Gasteiger partial charge in [0.2, 0.25) is 5.91 Å². The molecule has 3 heterocycles. The van der Waals surface area contributed by atoms with Crippen LogP contribution in [0.3, 0.4) is 0 Å². The summed E-state index contributed by atoms with van der Waals surface area (Å²) in [4.78, 5) is 16.5. The summed E-state index contributed by atoms with van der Waals surface area (Å²) in [5.74, 6) is 0.802. The van der Waals surface area contributed by atoms with E-state index in [1.54, 1.807) is 0 Å². The molecule has 0 saturated carbocycles. The standard InChI is InChI=1S/C16H24N2OS/c1-16(2,13-4-3-7-17-10-13)15(19)18-8-5-14-12(11-18)6-9-20-14/h6,9,13,17H,3-5,7-8,10-11H2,1-2H3. The number of nitrogens with one attached hydrogen (secondary N) is 1. The third-order valence-corrected chi connectivity index (χ3v) is 5.99. The lowest BCUT2D eigenvalue weighted by Crippen LogP contribution is -2.49. The van der Waals surface area contributed by atoms with Crippen LogP contribution in [0.5, 0.6) is 0 Å². The van der Waals surface area contributed by atoms with Crippen LogP contribution in [-0.2, 0) is 17.8 Å². The van der Waals surface area contributed by atoms with E-state index in [1.165, 1.54) is 23.3 Å². The Bertz CT molecular complexity index is 488. The molecule has 1 fully saturated rings. The minimum absolute atomic E-state index is 0.249. The Morgan fingerprint density at radius 2 is 2.35 bits per heavy atom. The second kappa shape index (κ2) is 5.49. The van der Waals surface area contributed by atoms with Crippen molar-refractivity contribution in [3.05, 3.63) is 21.9 Å². The van der Waals surface area contributed by atoms with Crippen LogP contribution in [0, 0.1) is 11.3 Å². The minimum atomic E-state index is -0.249. The zero-order valence-corrected chi connectivity index (χ0v) is 13.3. The molecule has 1 N–H and O–H groups in total. The molecule has 2 aliphatic rings. The van der Waals surface area contributed by atoms with Crippen molar-refractivity contribution in [2.75, 3.05) is 19.6 Å². The van der Waals surface area contributed by atoms with Crippen molar-refractivity contribution in [3.8, 4) is 0 Å². The quantitative estimate of drug-likeness (QED) is 0.909. The van der Waals surface area contributed by atoms with E-state index in [0.29, 0.717) is 11.8 Å². The minimum Gasteiger partial charge on any atom is -0.337 e. The Hall–Kier alpha value is -0.870. The van der Waals surface area contributed by atoms with Gasteiger partial charge in [0.25, 0.3) is 0 Å². The number of thiophene rings is 1. The maximum Gasteiger partial charge on any atom is 0.228 e. The fourth-order valence-corrected chi connectivity index (χ4v) is 4.36. The molecule has 0 radical (unpaired) electrons. The van der Waals surface area contributed by atoms with Gasteiger partial charge in [0.1, 0.15) is 0 Å². The number of hydrogen-bond acceptors (Lipinski definition) is 3. The highest BCUT2D eigenvalue weighted by Crippen LogP contribution is 2.35. The summed E-state index contributed by atoms with van der Waals surface area (Å²) in [6, 6.07) is 2.18. The summed E-state index contributed by atoms with van der Waals surface area (Å²) in [5, 5.41) is 5.59. The Kier molecular flexibility index (Phi) is 3.87. The van der Waals surface area contributed by atoms with E-state index in [9.17, 15) is 4.79 Å². The first kappa shape index (κ1) is 14.1. The van der Waals surface area contributed by atoms with Crippen molar-refractivity contribution >= 4 is 17.2 Å². The second-order valence-electron chi connectivity index (χ2n) is 6.61. The topological polar surface area (TPSA) is 32.3 Å². The second-order valence-corrected chi connectivity index (χ2v) is 7.61. The summed E-state index contributed by atoms with van der Waals surface area (Å²) in [5.41, 5.74) is 1.10. The molecule has 20 heavy (non-hydrogen) atoms. The first-order valence-corrected chi connectivity index (χ1v) is 8.52. The number of amides is 1. The predicted molar refractivity (Wildman–Crippen MR) is 82.8 cm³/mol. The van der Waals surface area contributed by atoms with Gasteiger partial charge in [0, 0.05) is 23.4 Å². The molecule has 1 unspecified atom stereocenters. The summed E-state index contributed by atoms with van der Waals surface area (Å²) in [6.07, 6.45) is 3.39. The molecular formula is C16H24N2OS. The van der Waals surface area contributed by atoms with Crippen LogP contribution in [0.1, 0.15) is 37.1 Å². The van der Waals surface area contributed by atoms with Crippen molar-refractivity contribution in [1.82, 2.24) is 10.2 Å². The maximum atomic E-state index is 13.0. The molecule has 3 rings (SSSR count). The number of piperidine rings is 1. The highest BCUT2D eigenvalue weighted by atomic mass is 32.1. The fourth-order valence-electron chi connectivity index (χ4n) is 3.47. The molecule has 1 saturated heterocycles. The van der Waals surface area contributed by atoms with Gasteiger partial charge in [-0.1, -0.05) is 13.8 Å². The van der Waals surface area contributed by atoms with Crippen molar-refractivity contribution < 1.29 is 4.79 Å². The normalized spacial score (nSPS) is 23.5. The highest BCUT2D eigenvalue weighted by molar-refractivity contribution is 7.10. The molecule has 0 aliphatic carbocycles. The smallest absolute Gasteiger partial charge is 0.228 e. The zero-order chi connectivity index (χ0) is 14.2. The molecule has 1 amide bonds. The number of hydrogen-bond donors (Lipinski definition) is 1. The third-order valence-electron chi connectivity index (χ3n) is 4.96. The van der Waals surface area contributed by atoms with Gasteiger partial charge in [-0.2, -0.15) is 0 Å². The largest absolute Gasteiger partial charge is 0.337 e. The Balaban J connectivity index is 1.72. The van der Waals surface area contributed by atoms with Gasteiger partial charge in [0.05, 0.1) is 0 Å². The lowest BCUT2D eigenvalue weighted by molar-refractivity contribution is -0.144. The molecule has 3 nitrogen and oxygen atoms in total. The molecule has 1 atom stereocenters. The summed E-state index contributed by atoms with van der Waals surface area (Å²) < 4.78 is 0. The molecular weight excluding hydrogens is 268 g/mol. The Morgan fingerprint density at radius 1 is 1.50 bits per heavy atom. The van der Waals surface area contributed by atoms with Gasteiger partial charge in [0.15, 0.2) is 0 Å².